The molecule has 6 nitrogen and oxygen atoms in total. The number of ether oxygens (including phenoxy) is 1. The second-order valence-electron chi connectivity index (χ2n) is 6.42. The lowest BCUT2D eigenvalue weighted by Crippen LogP contribution is -2.37. The van der Waals surface area contributed by atoms with E-state index in [9.17, 15) is 13.2 Å². The van der Waals surface area contributed by atoms with E-state index in [1.807, 2.05) is 17.2 Å². The molecule has 2 aliphatic heterocycles. The summed E-state index contributed by atoms with van der Waals surface area (Å²) in [6.45, 7) is 2.21. The molecule has 0 bridgehead atoms. The van der Waals surface area contributed by atoms with Gasteiger partial charge in [-0.3, -0.25) is 4.79 Å². The van der Waals surface area contributed by atoms with Crippen LogP contribution in [0.2, 0.25) is 0 Å². The average molecular weight is 385 g/mol. The number of carbonyl (C=O) groups excluding carboxylic acids is 1. The van der Waals surface area contributed by atoms with E-state index in [-0.39, 0.29) is 16.9 Å². The van der Waals surface area contributed by atoms with Crippen molar-refractivity contribution in [3.63, 3.8) is 0 Å². The summed E-state index contributed by atoms with van der Waals surface area (Å²) >= 11 is 1.52. The Kier molecular flexibility index (Phi) is 6.04. The Balaban J connectivity index is 1.68. The maximum atomic E-state index is 12.5. The van der Waals surface area contributed by atoms with E-state index >= 15 is 0 Å². The first-order valence-electron chi connectivity index (χ1n) is 8.49. The van der Waals surface area contributed by atoms with Crippen LogP contribution in [-0.2, 0) is 32.5 Å². The van der Waals surface area contributed by atoms with Crippen LogP contribution in [0.15, 0.2) is 23.1 Å². The number of fused-ring (bicyclic) bond motifs is 1. The molecule has 0 spiro atoms. The monoisotopic (exact) mass is 384 g/mol. The van der Waals surface area contributed by atoms with E-state index in [1.54, 1.807) is 12.1 Å². The van der Waals surface area contributed by atoms with Crippen molar-refractivity contribution in [2.75, 3.05) is 31.7 Å². The molecule has 25 heavy (non-hydrogen) atoms. The lowest BCUT2D eigenvalue weighted by molar-refractivity contribution is -0.129. The van der Waals surface area contributed by atoms with Crippen molar-refractivity contribution in [1.29, 1.82) is 0 Å². The van der Waals surface area contributed by atoms with Crippen LogP contribution in [0, 0.1) is 0 Å². The Morgan fingerprint density at radius 1 is 1.40 bits per heavy atom. The van der Waals surface area contributed by atoms with E-state index in [4.69, 9.17) is 4.74 Å². The first-order valence-corrected chi connectivity index (χ1v) is 11.4. The minimum absolute atomic E-state index is 0.0246. The fourth-order valence-corrected chi connectivity index (χ4v) is 4.76. The van der Waals surface area contributed by atoms with Gasteiger partial charge in [0.05, 0.1) is 16.8 Å². The van der Waals surface area contributed by atoms with Crippen LogP contribution < -0.4 is 4.72 Å². The Hall–Kier alpha value is -1.09. The van der Waals surface area contributed by atoms with Gasteiger partial charge in [-0.1, -0.05) is 6.07 Å². The highest BCUT2D eigenvalue weighted by molar-refractivity contribution is 7.99. The number of sulfonamides is 1. The average Bonchev–Trinajstić information content (AvgIpc) is 3.13. The Morgan fingerprint density at radius 2 is 2.24 bits per heavy atom. The molecule has 2 heterocycles. The van der Waals surface area contributed by atoms with Crippen molar-refractivity contribution >= 4 is 27.7 Å². The zero-order chi connectivity index (χ0) is 17.9. The summed E-state index contributed by atoms with van der Waals surface area (Å²) in [5.41, 5.74) is 2.03. The number of carbonyl (C=O) groups is 1. The summed E-state index contributed by atoms with van der Waals surface area (Å²) in [4.78, 5) is 14.2. The molecule has 138 valence electrons. The van der Waals surface area contributed by atoms with Crippen LogP contribution in [0.5, 0.6) is 0 Å². The van der Waals surface area contributed by atoms with Gasteiger partial charge in [-0.15, -0.1) is 0 Å². The summed E-state index contributed by atoms with van der Waals surface area (Å²) in [7, 11) is -3.53. The molecule has 0 aliphatic carbocycles. The molecule has 3 rings (SSSR count). The van der Waals surface area contributed by atoms with Gasteiger partial charge >= 0.3 is 0 Å². The molecular formula is C17H24N2O4S2. The molecule has 1 fully saturated rings. The van der Waals surface area contributed by atoms with Gasteiger partial charge in [-0.25, -0.2) is 13.1 Å². The van der Waals surface area contributed by atoms with Gasteiger partial charge in [0, 0.05) is 26.2 Å². The number of hydrogen-bond acceptors (Lipinski definition) is 5. The normalized spacial score (nSPS) is 20.5. The molecular weight excluding hydrogens is 360 g/mol. The number of hydrogen-bond donors (Lipinski definition) is 1. The van der Waals surface area contributed by atoms with Crippen LogP contribution in [0.1, 0.15) is 24.0 Å². The van der Waals surface area contributed by atoms with Gasteiger partial charge in [0.2, 0.25) is 15.9 Å². The van der Waals surface area contributed by atoms with Crippen LogP contribution in [0.3, 0.4) is 0 Å². The summed E-state index contributed by atoms with van der Waals surface area (Å²) in [6.07, 6.45) is 4.45. The molecule has 8 heteroatoms. The molecule has 1 aromatic rings. The lowest BCUT2D eigenvalue weighted by atomic mass is 10.00. The van der Waals surface area contributed by atoms with E-state index in [0.717, 1.165) is 24.0 Å². The third kappa shape index (κ3) is 4.55. The molecule has 1 aromatic carbocycles. The predicted molar refractivity (Wildman–Crippen MR) is 98.1 cm³/mol. The summed E-state index contributed by atoms with van der Waals surface area (Å²) < 4.78 is 33.1. The maximum absolute atomic E-state index is 12.5. The minimum Gasteiger partial charge on any atom is -0.377 e. The van der Waals surface area contributed by atoms with E-state index in [1.165, 1.54) is 11.8 Å². The van der Waals surface area contributed by atoms with E-state index in [2.05, 4.69) is 4.72 Å². The Labute approximate surface area is 153 Å². The van der Waals surface area contributed by atoms with Crippen molar-refractivity contribution < 1.29 is 17.9 Å². The zero-order valence-electron chi connectivity index (χ0n) is 14.4. The van der Waals surface area contributed by atoms with Crippen LogP contribution >= 0.6 is 11.8 Å². The van der Waals surface area contributed by atoms with Crippen molar-refractivity contribution in [2.45, 2.75) is 36.8 Å². The first kappa shape index (κ1) is 18.7. The largest absolute Gasteiger partial charge is 0.377 e. The van der Waals surface area contributed by atoms with Gasteiger partial charge in [0.25, 0.3) is 0 Å². The summed E-state index contributed by atoms with van der Waals surface area (Å²) in [5, 5.41) is 0. The minimum atomic E-state index is -3.53. The molecule has 2 aliphatic rings. The molecule has 1 unspecified atom stereocenters. The third-order valence-corrected chi connectivity index (χ3v) is 6.60. The number of nitrogens with one attached hydrogen (secondary N) is 1. The fraction of sp³-hybridized carbons (Fsp3) is 0.588. The Morgan fingerprint density at radius 3 is 2.96 bits per heavy atom. The van der Waals surface area contributed by atoms with Crippen molar-refractivity contribution in [3.05, 3.63) is 29.3 Å². The topological polar surface area (TPSA) is 75.7 Å². The van der Waals surface area contributed by atoms with Crippen LogP contribution in [-0.4, -0.2) is 57.0 Å². The number of thioether (sulfide) groups is 1. The highest BCUT2D eigenvalue weighted by Gasteiger charge is 2.24. The zero-order valence-corrected chi connectivity index (χ0v) is 16.0. The van der Waals surface area contributed by atoms with E-state index in [0.29, 0.717) is 38.4 Å². The number of benzene rings is 1. The molecule has 0 radical (unpaired) electrons. The van der Waals surface area contributed by atoms with Gasteiger partial charge in [-0.05, 0) is 48.8 Å². The number of nitrogens with zero attached hydrogens (tertiary/aromatic N) is 1. The standard InChI is InChI=1S/C17H24N2O4S2/c1-24-12-17(20)19-7-6-13-9-16(5-4-14(13)11-19)25(21,22)18-10-15-3-2-8-23-15/h4-5,9,15,18H,2-3,6-8,10-12H2,1H3. The lowest BCUT2D eigenvalue weighted by Gasteiger charge is -2.29. The second kappa shape index (κ2) is 8.07. The Bertz CT molecular complexity index is 730. The van der Waals surface area contributed by atoms with Crippen LogP contribution in [0.4, 0.5) is 0 Å². The molecule has 1 N–H and O–H groups in total. The molecule has 1 atom stereocenters. The van der Waals surface area contributed by atoms with Crippen molar-refractivity contribution in [1.82, 2.24) is 9.62 Å². The van der Waals surface area contributed by atoms with Gasteiger partial charge in [0.1, 0.15) is 0 Å². The molecule has 1 amide bonds. The number of rotatable bonds is 6. The first-order chi connectivity index (χ1) is 12.0. The highest BCUT2D eigenvalue weighted by Crippen LogP contribution is 2.23. The maximum Gasteiger partial charge on any atom is 0.240 e. The van der Waals surface area contributed by atoms with Crippen molar-refractivity contribution in [2.24, 2.45) is 0 Å². The van der Waals surface area contributed by atoms with Crippen molar-refractivity contribution in [3.8, 4) is 0 Å². The fourth-order valence-electron chi connectivity index (χ4n) is 3.22. The predicted octanol–water partition coefficient (Wildman–Crippen LogP) is 1.39. The smallest absolute Gasteiger partial charge is 0.240 e. The highest BCUT2D eigenvalue weighted by atomic mass is 32.2. The summed E-state index contributed by atoms with van der Waals surface area (Å²) in [5.74, 6) is 0.614. The van der Waals surface area contributed by atoms with E-state index < -0.39 is 10.0 Å². The quantitative estimate of drug-likeness (QED) is 0.802. The number of amides is 1. The molecule has 0 aromatic heterocycles. The van der Waals surface area contributed by atoms with Crippen LogP contribution in [0.25, 0.3) is 0 Å². The van der Waals surface area contributed by atoms with Gasteiger partial charge in [0.15, 0.2) is 0 Å². The van der Waals surface area contributed by atoms with Gasteiger partial charge in [-0.2, -0.15) is 11.8 Å². The second-order valence-corrected chi connectivity index (χ2v) is 9.05. The molecule has 0 saturated carbocycles. The summed E-state index contributed by atoms with van der Waals surface area (Å²) in [6, 6.07) is 5.19. The van der Waals surface area contributed by atoms with Gasteiger partial charge < -0.3 is 9.64 Å². The SMILES string of the molecule is CSCC(=O)N1CCc2cc(S(=O)(=O)NCC3CCCO3)ccc2C1. The third-order valence-electron chi connectivity index (χ3n) is 4.65. The molecule has 1 saturated heterocycles.